The summed E-state index contributed by atoms with van der Waals surface area (Å²) in [6.45, 7) is 8.61. The van der Waals surface area contributed by atoms with Crippen LogP contribution in [0.25, 0.3) is 0 Å². The van der Waals surface area contributed by atoms with Crippen LogP contribution in [-0.2, 0) is 4.79 Å². The first-order valence-electron chi connectivity index (χ1n) is 8.20. The Morgan fingerprint density at radius 2 is 1.68 bits per heavy atom. The first-order valence-corrected chi connectivity index (χ1v) is 9.74. The normalized spacial score (nSPS) is 10.6. The highest BCUT2D eigenvalue weighted by atomic mass is 35.5. The van der Waals surface area contributed by atoms with Crippen LogP contribution in [-0.4, -0.2) is 24.0 Å². The Balaban J connectivity index is 1.74. The average molecular weight is 378 g/mol. The zero-order valence-corrected chi connectivity index (χ0v) is 16.7. The summed E-state index contributed by atoms with van der Waals surface area (Å²) in [6, 6.07) is 10.0. The standard InChI is InChI=1S/C20H24ClNO2S/c1-13-7-14(2)10-17(9-13)24-5-6-25-12-19(23)22-20-16(4)8-15(3)11-18(20)21/h7-11H,5-6,12H2,1-4H3,(H,22,23). The number of thioether (sulfide) groups is 1. The van der Waals surface area contributed by atoms with E-state index in [2.05, 4.69) is 25.2 Å². The van der Waals surface area contributed by atoms with Gasteiger partial charge < -0.3 is 10.1 Å². The topological polar surface area (TPSA) is 38.3 Å². The van der Waals surface area contributed by atoms with Gasteiger partial charge in [-0.15, -0.1) is 11.8 Å². The van der Waals surface area contributed by atoms with Gasteiger partial charge in [0.25, 0.3) is 0 Å². The number of anilines is 1. The predicted molar refractivity (Wildman–Crippen MR) is 108 cm³/mol. The summed E-state index contributed by atoms with van der Waals surface area (Å²) in [5.41, 5.74) is 5.13. The third-order valence-corrected chi connectivity index (χ3v) is 4.84. The highest BCUT2D eigenvalue weighted by Crippen LogP contribution is 2.27. The van der Waals surface area contributed by atoms with Crippen LogP contribution >= 0.6 is 23.4 Å². The summed E-state index contributed by atoms with van der Waals surface area (Å²) < 4.78 is 5.75. The minimum atomic E-state index is -0.0507. The van der Waals surface area contributed by atoms with E-state index in [0.717, 1.165) is 22.6 Å². The van der Waals surface area contributed by atoms with Gasteiger partial charge in [0.15, 0.2) is 0 Å². The Bertz CT molecular complexity index is 718. The van der Waals surface area contributed by atoms with Crippen LogP contribution in [0, 0.1) is 27.7 Å². The van der Waals surface area contributed by atoms with Crippen molar-refractivity contribution >= 4 is 35.0 Å². The van der Waals surface area contributed by atoms with Crippen molar-refractivity contribution < 1.29 is 9.53 Å². The molecule has 0 aliphatic rings. The van der Waals surface area contributed by atoms with Crippen LogP contribution in [0.3, 0.4) is 0 Å². The molecular weight excluding hydrogens is 354 g/mol. The molecule has 2 aromatic rings. The van der Waals surface area contributed by atoms with E-state index in [1.807, 2.05) is 38.1 Å². The lowest BCUT2D eigenvalue weighted by Gasteiger charge is -2.12. The van der Waals surface area contributed by atoms with Gasteiger partial charge in [-0.1, -0.05) is 23.7 Å². The number of nitrogens with one attached hydrogen (secondary N) is 1. The quantitative estimate of drug-likeness (QED) is 0.663. The molecule has 2 rings (SSSR count). The fourth-order valence-electron chi connectivity index (χ4n) is 2.65. The van der Waals surface area contributed by atoms with Gasteiger partial charge in [-0.3, -0.25) is 4.79 Å². The van der Waals surface area contributed by atoms with Gasteiger partial charge in [0.2, 0.25) is 5.91 Å². The van der Waals surface area contributed by atoms with Crippen molar-refractivity contribution in [2.45, 2.75) is 27.7 Å². The van der Waals surface area contributed by atoms with Crippen LogP contribution in [0.5, 0.6) is 5.75 Å². The third kappa shape index (κ3) is 6.29. The average Bonchev–Trinajstić information content (AvgIpc) is 2.49. The van der Waals surface area contributed by atoms with Gasteiger partial charge in [0, 0.05) is 5.75 Å². The fourth-order valence-corrected chi connectivity index (χ4v) is 3.62. The Hall–Kier alpha value is -1.65. The molecular formula is C20H24ClNO2S. The second-order valence-electron chi connectivity index (χ2n) is 6.21. The highest BCUT2D eigenvalue weighted by molar-refractivity contribution is 7.99. The Morgan fingerprint density at radius 3 is 2.32 bits per heavy atom. The zero-order valence-electron chi connectivity index (χ0n) is 15.1. The molecule has 0 heterocycles. The molecule has 0 aliphatic heterocycles. The van der Waals surface area contributed by atoms with Crippen molar-refractivity contribution in [1.29, 1.82) is 0 Å². The summed E-state index contributed by atoms with van der Waals surface area (Å²) in [7, 11) is 0. The number of ether oxygens (including phenoxy) is 1. The number of carbonyl (C=O) groups excluding carboxylic acids is 1. The number of aryl methyl sites for hydroxylation is 4. The molecule has 3 nitrogen and oxygen atoms in total. The molecule has 0 spiro atoms. The molecule has 0 unspecified atom stereocenters. The fraction of sp³-hybridized carbons (Fsp3) is 0.350. The minimum Gasteiger partial charge on any atom is -0.493 e. The molecule has 1 amide bonds. The summed E-state index contributed by atoms with van der Waals surface area (Å²) in [5, 5.41) is 3.47. The molecule has 0 fully saturated rings. The highest BCUT2D eigenvalue weighted by Gasteiger charge is 2.09. The monoisotopic (exact) mass is 377 g/mol. The summed E-state index contributed by atoms with van der Waals surface area (Å²) in [4.78, 5) is 12.1. The van der Waals surface area contributed by atoms with Gasteiger partial charge in [-0.05, 0) is 68.1 Å². The van der Waals surface area contributed by atoms with Gasteiger partial charge >= 0.3 is 0 Å². The van der Waals surface area contributed by atoms with E-state index in [-0.39, 0.29) is 5.91 Å². The number of amides is 1. The maximum absolute atomic E-state index is 12.1. The maximum Gasteiger partial charge on any atom is 0.234 e. The Kier molecular flexibility index (Phi) is 7.21. The van der Waals surface area contributed by atoms with E-state index < -0.39 is 0 Å². The SMILES string of the molecule is Cc1cc(C)cc(OCCSCC(=O)Nc2c(C)cc(C)cc2Cl)c1. The molecule has 0 bridgehead atoms. The van der Waals surface area contributed by atoms with Crippen LogP contribution in [0.2, 0.25) is 5.02 Å². The first kappa shape index (κ1) is 19.7. The Morgan fingerprint density at radius 1 is 1.04 bits per heavy atom. The number of hydrogen-bond donors (Lipinski definition) is 1. The second-order valence-corrected chi connectivity index (χ2v) is 7.72. The van der Waals surface area contributed by atoms with Gasteiger partial charge in [0.05, 0.1) is 23.1 Å². The summed E-state index contributed by atoms with van der Waals surface area (Å²) in [5.74, 6) is 1.95. The van der Waals surface area contributed by atoms with Crippen LogP contribution in [0.1, 0.15) is 22.3 Å². The van der Waals surface area contributed by atoms with Crippen LogP contribution in [0.15, 0.2) is 30.3 Å². The van der Waals surface area contributed by atoms with E-state index in [9.17, 15) is 4.79 Å². The maximum atomic E-state index is 12.1. The molecule has 0 aliphatic carbocycles. The zero-order chi connectivity index (χ0) is 18.4. The molecule has 0 saturated carbocycles. The molecule has 134 valence electrons. The summed E-state index contributed by atoms with van der Waals surface area (Å²) in [6.07, 6.45) is 0. The number of carbonyl (C=O) groups is 1. The molecule has 5 heteroatoms. The number of rotatable bonds is 7. The predicted octanol–water partition coefficient (Wildman–Crippen LogP) is 5.32. The molecule has 25 heavy (non-hydrogen) atoms. The molecule has 0 aromatic heterocycles. The van der Waals surface area contributed by atoms with Gasteiger partial charge in [-0.2, -0.15) is 0 Å². The largest absolute Gasteiger partial charge is 0.493 e. The molecule has 0 atom stereocenters. The summed E-state index contributed by atoms with van der Waals surface area (Å²) >= 11 is 7.76. The van der Waals surface area contributed by atoms with Crippen molar-refractivity contribution in [2.24, 2.45) is 0 Å². The van der Waals surface area contributed by atoms with E-state index in [1.54, 1.807) is 11.8 Å². The van der Waals surface area contributed by atoms with Crippen molar-refractivity contribution in [3.8, 4) is 5.75 Å². The van der Waals surface area contributed by atoms with Crippen molar-refractivity contribution in [1.82, 2.24) is 0 Å². The number of halogens is 1. The van der Waals surface area contributed by atoms with Crippen LogP contribution < -0.4 is 10.1 Å². The van der Waals surface area contributed by atoms with Crippen LogP contribution in [0.4, 0.5) is 5.69 Å². The third-order valence-electron chi connectivity index (χ3n) is 3.62. The van der Waals surface area contributed by atoms with E-state index in [1.165, 1.54) is 11.1 Å². The minimum absolute atomic E-state index is 0.0507. The molecule has 0 radical (unpaired) electrons. The van der Waals surface area contributed by atoms with E-state index in [0.29, 0.717) is 23.1 Å². The Labute approximate surface area is 159 Å². The van der Waals surface area contributed by atoms with Crippen molar-refractivity contribution in [3.63, 3.8) is 0 Å². The van der Waals surface area contributed by atoms with Crippen molar-refractivity contribution in [3.05, 3.63) is 57.6 Å². The van der Waals surface area contributed by atoms with Gasteiger partial charge in [0.1, 0.15) is 5.75 Å². The lowest BCUT2D eigenvalue weighted by molar-refractivity contribution is -0.113. The molecule has 2 aromatic carbocycles. The van der Waals surface area contributed by atoms with Crippen molar-refractivity contribution in [2.75, 3.05) is 23.4 Å². The van der Waals surface area contributed by atoms with Gasteiger partial charge in [-0.25, -0.2) is 0 Å². The second kappa shape index (κ2) is 9.16. The number of hydrogen-bond acceptors (Lipinski definition) is 3. The first-order chi connectivity index (χ1) is 11.8. The van der Waals surface area contributed by atoms with E-state index >= 15 is 0 Å². The smallest absolute Gasteiger partial charge is 0.234 e. The molecule has 1 N–H and O–H groups in total. The lowest BCUT2D eigenvalue weighted by Crippen LogP contribution is -2.16. The lowest BCUT2D eigenvalue weighted by atomic mass is 10.1. The molecule has 0 saturated heterocycles. The number of benzene rings is 2. The van der Waals surface area contributed by atoms with E-state index in [4.69, 9.17) is 16.3 Å².